The van der Waals surface area contributed by atoms with Crippen LogP contribution in [0.15, 0.2) is 79.4 Å². The van der Waals surface area contributed by atoms with Crippen LogP contribution in [-0.2, 0) is 13.2 Å². The number of aryl methyl sites for hydroxylation is 1. The molecule has 1 aromatic carbocycles. The summed E-state index contributed by atoms with van der Waals surface area (Å²) < 4.78 is 20.4. The normalized spacial score (nSPS) is 11.0. The molecule has 32 heavy (non-hydrogen) atoms. The summed E-state index contributed by atoms with van der Waals surface area (Å²) >= 11 is 0. The fraction of sp³-hybridized carbons (Fsp3) is 0.125. The lowest BCUT2D eigenvalue weighted by molar-refractivity contribution is 0.302. The van der Waals surface area contributed by atoms with Crippen LogP contribution >= 0.6 is 0 Å². The van der Waals surface area contributed by atoms with Gasteiger partial charge >= 0.3 is 0 Å². The van der Waals surface area contributed by atoms with Gasteiger partial charge in [-0.25, -0.2) is 9.37 Å². The average Bonchev–Trinajstić information content (AvgIpc) is 3.28. The van der Waals surface area contributed by atoms with Gasteiger partial charge < -0.3 is 4.74 Å². The van der Waals surface area contributed by atoms with Crippen molar-refractivity contribution in [2.75, 3.05) is 6.67 Å². The minimum absolute atomic E-state index is 0.212. The van der Waals surface area contributed by atoms with Crippen molar-refractivity contribution in [1.29, 1.82) is 0 Å². The smallest absolute Gasteiger partial charge is 0.130 e. The van der Waals surface area contributed by atoms with E-state index in [4.69, 9.17) is 4.74 Å². The summed E-state index contributed by atoms with van der Waals surface area (Å²) in [7, 11) is 0. The molecule has 158 valence electrons. The molecule has 0 saturated heterocycles. The van der Waals surface area contributed by atoms with E-state index in [-0.39, 0.29) is 6.54 Å². The van der Waals surface area contributed by atoms with Crippen LogP contribution in [0.4, 0.5) is 4.39 Å². The molecule has 0 radical (unpaired) electrons. The first-order valence-corrected chi connectivity index (χ1v) is 10.1. The fourth-order valence-electron chi connectivity index (χ4n) is 3.44. The fourth-order valence-corrected chi connectivity index (χ4v) is 3.44. The monoisotopic (exact) mass is 425 g/mol. The van der Waals surface area contributed by atoms with Crippen LogP contribution in [0.5, 0.6) is 5.75 Å². The van der Waals surface area contributed by atoms with Gasteiger partial charge in [-0.15, -0.1) is 5.10 Å². The van der Waals surface area contributed by atoms with Crippen LogP contribution < -0.4 is 4.74 Å². The standard InChI is InChI=1S/C24H19FN6O/c25-10-14-31-15-21(17-7-11-26-12-8-17)24(30-31)18-1-4-20(5-2-18)32-16-19-3-6-23-22(28-19)9-13-27-29-23/h1-9,11-13,15H,10,14,16H2/i25-1. The number of pyridine rings is 2. The van der Waals surface area contributed by atoms with Crippen molar-refractivity contribution in [1.82, 2.24) is 29.9 Å². The molecule has 0 unspecified atom stereocenters. The van der Waals surface area contributed by atoms with Crippen LogP contribution in [0.3, 0.4) is 0 Å². The molecular weight excluding hydrogens is 406 g/mol. The van der Waals surface area contributed by atoms with Crippen molar-refractivity contribution < 1.29 is 9.13 Å². The largest absolute Gasteiger partial charge is 0.487 e. The Morgan fingerprint density at radius 1 is 0.844 bits per heavy atom. The molecule has 8 heteroatoms. The molecule has 0 N–H and O–H groups in total. The van der Waals surface area contributed by atoms with Gasteiger partial charge in [0, 0.05) is 29.7 Å². The zero-order valence-electron chi connectivity index (χ0n) is 17.1. The van der Waals surface area contributed by atoms with Gasteiger partial charge in [0.05, 0.1) is 24.0 Å². The van der Waals surface area contributed by atoms with E-state index in [0.717, 1.165) is 44.9 Å². The van der Waals surface area contributed by atoms with Crippen molar-refractivity contribution >= 4 is 11.0 Å². The molecule has 0 fully saturated rings. The van der Waals surface area contributed by atoms with E-state index < -0.39 is 6.67 Å². The Balaban J connectivity index is 1.36. The van der Waals surface area contributed by atoms with Gasteiger partial charge in [-0.05, 0) is 60.2 Å². The summed E-state index contributed by atoms with van der Waals surface area (Å²) in [6, 6.07) is 17.1. The molecule has 4 heterocycles. The molecule has 0 saturated carbocycles. The molecule has 0 aliphatic heterocycles. The quantitative estimate of drug-likeness (QED) is 0.382. The average molecular weight is 425 g/mol. The van der Waals surface area contributed by atoms with Crippen LogP contribution in [0.25, 0.3) is 33.4 Å². The topological polar surface area (TPSA) is 78.6 Å². The van der Waals surface area contributed by atoms with Crippen LogP contribution in [0.1, 0.15) is 5.69 Å². The molecule has 0 aliphatic rings. The predicted octanol–water partition coefficient (Wildman–Crippen LogP) is 4.50. The number of hydrogen-bond donors (Lipinski definition) is 0. The summed E-state index contributed by atoms with van der Waals surface area (Å²) in [6.07, 6.45) is 6.95. The number of halogens is 1. The second kappa shape index (κ2) is 8.89. The first-order chi connectivity index (χ1) is 15.8. The number of rotatable bonds is 7. The van der Waals surface area contributed by atoms with E-state index in [0.29, 0.717) is 6.61 Å². The zero-order valence-corrected chi connectivity index (χ0v) is 17.1. The maximum absolute atomic E-state index is 12.9. The molecule has 5 rings (SSSR count). The highest BCUT2D eigenvalue weighted by atomic mass is 18.2. The van der Waals surface area contributed by atoms with Crippen molar-refractivity contribution in [3.05, 3.63) is 85.1 Å². The van der Waals surface area contributed by atoms with E-state index >= 15 is 0 Å². The zero-order chi connectivity index (χ0) is 21.8. The molecule has 0 bridgehead atoms. The molecule has 4 aromatic heterocycles. The van der Waals surface area contributed by atoms with E-state index in [1.165, 1.54) is 0 Å². The van der Waals surface area contributed by atoms with Crippen molar-refractivity contribution in [3.63, 3.8) is 0 Å². The summed E-state index contributed by atoms with van der Waals surface area (Å²) in [5.41, 5.74) is 5.95. The number of aromatic nitrogens is 6. The summed E-state index contributed by atoms with van der Waals surface area (Å²) in [4.78, 5) is 8.62. The van der Waals surface area contributed by atoms with E-state index in [2.05, 4.69) is 25.3 Å². The van der Waals surface area contributed by atoms with Gasteiger partial charge in [-0.2, -0.15) is 10.2 Å². The Labute approximate surface area is 183 Å². The van der Waals surface area contributed by atoms with Crippen LogP contribution in [0, 0.1) is 0 Å². The van der Waals surface area contributed by atoms with Gasteiger partial charge in [0.15, 0.2) is 0 Å². The van der Waals surface area contributed by atoms with Crippen LogP contribution in [-0.4, -0.2) is 36.6 Å². The number of alkyl halides is 1. The number of fused-ring (bicyclic) bond motifs is 1. The molecule has 0 spiro atoms. The van der Waals surface area contributed by atoms with Crippen molar-refractivity contribution in [2.24, 2.45) is 0 Å². The Bertz CT molecular complexity index is 1340. The molecular formula is C24H19FN6O. The number of nitrogens with zero attached hydrogens (tertiary/aromatic N) is 6. The van der Waals surface area contributed by atoms with E-state index in [9.17, 15) is 4.39 Å². The van der Waals surface area contributed by atoms with Crippen molar-refractivity contribution in [2.45, 2.75) is 13.2 Å². The first kappa shape index (κ1) is 19.7. The lowest BCUT2D eigenvalue weighted by atomic mass is 10.0. The van der Waals surface area contributed by atoms with E-state index in [1.54, 1.807) is 23.3 Å². The molecule has 0 amide bonds. The highest BCUT2D eigenvalue weighted by Crippen LogP contribution is 2.31. The van der Waals surface area contributed by atoms with Gasteiger partial charge in [-0.3, -0.25) is 9.67 Å². The minimum atomic E-state index is -0.473. The summed E-state index contributed by atoms with van der Waals surface area (Å²) in [5.74, 6) is 0.720. The first-order valence-electron chi connectivity index (χ1n) is 10.1. The maximum Gasteiger partial charge on any atom is 0.130 e. The number of hydrogen-bond acceptors (Lipinski definition) is 6. The van der Waals surface area contributed by atoms with E-state index in [1.807, 2.05) is 60.8 Å². The highest BCUT2D eigenvalue weighted by Gasteiger charge is 2.13. The van der Waals surface area contributed by atoms with Gasteiger partial charge in [0.1, 0.15) is 30.2 Å². The second-order valence-corrected chi connectivity index (χ2v) is 7.13. The summed E-state index contributed by atoms with van der Waals surface area (Å²) in [5, 5.41) is 12.5. The van der Waals surface area contributed by atoms with Crippen molar-refractivity contribution in [3.8, 4) is 28.1 Å². The maximum atomic E-state index is 12.9. The number of benzene rings is 1. The molecule has 5 aromatic rings. The Hall–Kier alpha value is -4.20. The lowest BCUT2D eigenvalue weighted by Crippen LogP contribution is -2.00. The number of ether oxygens (including phenoxy) is 1. The van der Waals surface area contributed by atoms with Gasteiger partial charge in [0.25, 0.3) is 0 Å². The molecule has 7 nitrogen and oxygen atoms in total. The van der Waals surface area contributed by atoms with Gasteiger partial charge in [-0.1, -0.05) is 0 Å². The Morgan fingerprint density at radius 3 is 2.50 bits per heavy atom. The van der Waals surface area contributed by atoms with Gasteiger partial charge in [0.2, 0.25) is 0 Å². The second-order valence-electron chi connectivity index (χ2n) is 7.13. The Kier molecular flexibility index (Phi) is 5.48. The highest BCUT2D eigenvalue weighted by molar-refractivity contribution is 5.80. The summed E-state index contributed by atoms with van der Waals surface area (Å²) in [6.45, 7) is 0.0771. The third-order valence-corrected chi connectivity index (χ3v) is 5.01. The van der Waals surface area contributed by atoms with Crippen LogP contribution in [0.2, 0.25) is 0 Å². The molecule has 0 atom stereocenters. The predicted molar refractivity (Wildman–Crippen MR) is 119 cm³/mol. The third-order valence-electron chi connectivity index (χ3n) is 5.01. The minimum Gasteiger partial charge on any atom is -0.487 e. The SMILES string of the molecule is [18F]CCn1cc(-c2ccncc2)c(-c2ccc(OCc3ccc4nnccc4n3)cc2)n1. The Morgan fingerprint density at radius 2 is 1.69 bits per heavy atom. The third kappa shape index (κ3) is 4.15. The lowest BCUT2D eigenvalue weighted by Gasteiger charge is -2.08. The molecule has 0 aliphatic carbocycles.